The summed E-state index contributed by atoms with van der Waals surface area (Å²) in [5, 5.41) is 6.89. The standard InChI is InChI=1S/C16H21N5/c1-12-20-15(14-5-3-7-18-11-14)8-16(21-12)19-10-13-4-2-6-17-9-13/h3,5,7-8,11,13,17H,2,4,6,9-10H2,1H3,(H,19,20,21). The number of rotatable bonds is 4. The molecule has 0 saturated carbocycles. The first-order chi connectivity index (χ1) is 10.3. The Bertz CT molecular complexity index is 578. The molecule has 5 nitrogen and oxygen atoms in total. The SMILES string of the molecule is Cc1nc(NCC2CCCNC2)cc(-c2cccnc2)n1. The average molecular weight is 283 g/mol. The van der Waals surface area contributed by atoms with Crippen LogP contribution in [0.25, 0.3) is 11.3 Å². The summed E-state index contributed by atoms with van der Waals surface area (Å²) in [5.74, 6) is 2.35. The van der Waals surface area contributed by atoms with E-state index in [-0.39, 0.29) is 0 Å². The highest BCUT2D eigenvalue weighted by Gasteiger charge is 2.13. The number of pyridine rings is 1. The maximum atomic E-state index is 4.50. The van der Waals surface area contributed by atoms with Crippen molar-refractivity contribution in [2.75, 3.05) is 25.0 Å². The summed E-state index contributed by atoms with van der Waals surface area (Å²) in [6, 6.07) is 5.94. The van der Waals surface area contributed by atoms with Crippen LogP contribution in [0.2, 0.25) is 0 Å². The van der Waals surface area contributed by atoms with Crippen LogP contribution in [0.3, 0.4) is 0 Å². The van der Waals surface area contributed by atoms with Crippen molar-refractivity contribution >= 4 is 5.82 Å². The minimum absolute atomic E-state index is 0.677. The van der Waals surface area contributed by atoms with E-state index in [1.807, 2.05) is 31.3 Å². The lowest BCUT2D eigenvalue weighted by atomic mass is 10.00. The Labute approximate surface area is 125 Å². The first kappa shape index (κ1) is 13.9. The van der Waals surface area contributed by atoms with Gasteiger partial charge in [-0.05, 0) is 50.9 Å². The molecule has 0 aromatic carbocycles. The third kappa shape index (κ3) is 3.76. The predicted molar refractivity (Wildman–Crippen MR) is 84.1 cm³/mol. The Morgan fingerprint density at radius 1 is 1.38 bits per heavy atom. The van der Waals surface area contributed by atoms with Crippen LogP contribution in [0.4, 0.5) is 5.82 Å². The molecule has 0 radical (unpaired) electrons. The van der Waals surface area contributed by atoms with Gasteiger partial charge < -0.3 is 10.6 Å². The Hall–Kier alpha value is -2.01. The van der Waals surface area contributed by atoms with E-state index in [2.05, 4.69) is 25.6 Å². The van der Waals surface area contributed by atoms with Crippen LogP contribution in [0.15, 0.2) is 30.6 Å². The van der Waals surface area contributed by atoms with Crippen molar-refractivity contribution in [3.05, 3.63) is 36.4 Å². The summed E-state index contributed by atoms with van der Waals surface area (Å²) in [5.41, 5.74) is 1.94. The summed E-state index contributed by atoms with van der Waals surface area (Å²) in [7, 11) is 0. The summed E-state index contributed by atoms with van der Waals surface area (Å²) in [4.78, 5) is 13.1. The highest BCUT2D eigenvalue weighted by atomic mass is 15.0. The molecule has 2 N–H and O–H groups in total. The minimum Gasteiger partial charge on any atom is -0.370 e. The molecule has 2 aromatic rings. The molecule has 5 heteroatoms. The van der Waals surface area contributed by atoms with E-state index >= 15 is 0 Å². The molecule has 0 aliphatic carbocycles. The van der Waals surface area contributed by atoms with Gasteiger partial charge in [-0.2, -0.15) is 0 Å². The van der Waals surface area contributed by atoms with Crippen molar-refractivity contribution in [1.29, 1.82) is 0 Å². The number of nitrogens with one attached hydrogen (secondary N) is 2. The molecule has 1 aliphatic heterocycles. The molecule has 0 spiro atoms. The van der Waals surface area contributed by atoms with Gasteiger partial charge in [-0.25, -0.2) is 9.97 Å². The van der Waals surface area contributed by atoms with Crippen molar-refractivity contribution in [2.45, 2.75) is 19.8 Å². The Balaban J connectivity index is 1.72. The van der Waals surface area contributed by atoms with Crippen LogP contribution in [0.1, 0.15) is 18.7 Å². The fourth-order valence-electron chi connectivity index (χ4n) is 2.67. The largest absolute Gasteiger partial charge is 0.370 e. The van der Waals surface area contributed by atoms with Gasteiger partial charge in [0.2, 0.25) is 0 Å². The van der Waals surface area contributed by atoms with Gasteiger partial charge in [0.1, 0.15) is 11.6 Å². The van der Waals surface area contributed by atoms with Crippen LogP contribution in [0, 0.1) is 12.8 Å². The second-order valence-corrected chi connectivity index (χ2v) is 5.52. The van der Waals surface area contributed by atoms with Crippen LogP contribution < -0.4 is 10.6 Å². The lowest BCUT2D eigenvalue weighted by Gasteiger charge is -2.23. The fraction of sp³-hybridized carbons (Fsp3) is 0.438. The molecule has 2 aromatic heterocycles. The third-order valence-corrected chi connectivity index (χ3v) is 3.77. The van der Waals surface area contributed by atoms with Gasteiger partial charge in [0, 0.05) is 30.6 Å². The molecule has 0 bridgehead atoms. The number of aromatic nitrogens is 3. The van der Waals surface area contributed by atoms with Gasteiger partial charge in [-0.15, -0.1) is 0 Å². The summed E-state index contributed by atoms with van der Waals surface area (Å²) >= 11 is 0. The second-order valence-electron chi connectivity index (χ2n) is 5.52. The van der Waals surface area contributed by atoms with E-state index in [1.54, 1.807) is 6.20 Å². The van der Waals surface area contributed by atoms with Crippen LogP contribution in [0.5, 0.6) is 0 Å². The molecule has 21 heavy (non-hydrogen) atoms. The topological polar surface area (TPSA) is 62.7 Å². The zero-order chi connectivity index (χ0) is 14.5. The number of hydrogen-bond acceptors (Lipinski definition) is 5. The van der Waals surface area contributed by atoms with Gasteiger partial charge in [0.05, 0.1) is 5.69 Å². The molecule has 0 amide bonds. The number of hydrogen-bond donors (Lipinski definition) is 2. The van der Waals surface area contributed by atoms with E-state index in [1.165, 1.54) is 12.8 Å². The molecular weight excluding hydrogens is 262 g/mol. The Morgan fingerprint density at radius 3 is 3.10 bits per heavy atom. The van der Waals surface area contributed by atoms with Crippen molar-refractivity contribution in [3.63, 3.8) is 0 Å². The van der Waals surface area contributed by atoms with E-state index < -0.39 is 0 Å². The molecule has 3 heterocycles. The molecule has 110 valence electrons. The van der Waals surface area contributed by atoms with E-state index in [4.69, 9.17) is 0 Å². The monoisotopic (exact) mass is 283 g/mol. The first-order valence-electron chi connectivity index (χ1n) is 7.52. The number of aryl methyl sites for hydroxylation is 1. The maximum Gasteiger partial charge on any atom is 0.130 e. The van der Waals surface area contributed by atoms with Crippen molar-refractivity contribution in [1.82, 2.24) is 20.3 Å². The molecule has 1 saturated heterocycles. The lowest BCUT2D eigenvalue weighted by molar-refractivity contribution is 0.392. The smallest absolute Gasteiger partial charge is 0.130 e. The number of nitrogens with zero attached hydrogens (tertiary/aromatic N) is 3. The van der Waals surface area contributed by atoms with Gasteiger partial charge in [0.25, 0.3) is 0 Å². The second kappa shape index (κ2) is 6.63. The van der Waals surface area contributed by atoms with Gasteiger partial charge in [-0.1, -0.05) is 0 Å². The van der Waals surface area contributed by atoms with Gasteiger partial charge in [0.15, 0.2) is 0 Å². The predicted octanol–water partition coefficient (Wildman–Crippen LogP) is 2.26. The van der Waals surface area contributed by atoms with E-state index in [0.29, 0.717) is 5.92 Å². The van der Waals surface area contributed by atoms with E-state index in [9.17, 15) is 0 Å². The maximum absolute atomic E-state index is 4.50. The first-order valence-corrected chi connectivity index (χ1v) is 7.52. The number of piperidine rings is 1. The van der Waals surface area contributed by atoms with Crippen molar-refractivity contribution in [3.8, 4) is 11.3 Å². The van der Waals surface area contributed by atoms with Gasteiger partial charge in [-0.3, -0.25) is 4.98 Å². The lowest BCUT2D eigenvalue weighted by Crippen LogP contribution is -2.33. The molecule has 1 fully saturated rings. The molecule has 1 unspecified atom stereocenters. The van der Waals surface area contributed by atoms with Gasteiger partial charge >= 0.3 is 0 Å². The quantitative estimate of drug-likeness (QED) is 0.901. The Kier molecular flexibility index (Phi) is 4.40. The average Bonchev–Trinajstić information content (AvgIpc) is 2.54. The van der Waals surface area contributed by atoms with Crippen LogP contribution in [-0.2, 0) is 0 Å². The highest BCUT2D eigenvalue weighted by Crippen LogP contribution is 2.19. The Morgan fingerprint density at radius 2 is 2.33 bits per heavy atom. The molecule has 1 aliphatic rings. The van der Waals surface area contributed by atoms with Crippen molar-refractivity contribution < 1.29 is 0 Å². The van der Waals surface area contributed by atoms with E-state index in [0.717, 1.165) is 42.5 Å². The molecule has 3 rings (SSSR count). The summed E-state index contributed by atoms with van der Waals surface area (Å²) < 4.78 is 0. The third-order valence-electron chi connectivity index (χ3n) is 3.77. The molecular formula is C16H21N5. The normalized spacial score (nSPS) is 18.4. The fourth-order valence-corrected chi connectivity index (χ4v) is 2.67. The zero-order valence-electron chi connectivity index (χ0n) is 12.3. The zero-order valence-corrected chi connectivity index (χ0v) is 12.3. The van der Waals surface area contributed by atoms with Crippen LogP contribution >= 0.6 is 0 Å². The molecule has 1 atom stereocenters. The van der Waals surface area contributed by atoms with Crippen LogP contribution in [-0.4, -0.2) is 34.6 Å². The number of anilines is 1. The summed E-state index contributed by atoms with van der Waals surface area (Å²) in [6.07, 6.45) is 6.14. The van der Waals surface area contributed by atoms with Crippen molar-refractivity contribution in [2.24, 2.45) is 5.92 Å². The minimum atomic E-state index is 0.677. The summed E-state index contributed by atoms with van der Waals surface area (Å²) in [6.45, 7) is 5.12. The highest BCUT2D eigenvalue weighted by molar-refractivity contribution is 5.61.